The lowest BCUT2D eigenvalue weighted by molar-refractivity contribution is 0.762. The number of nitrogens with zero attached hydrogens (tertiary/aromatic N) is 4. The van der Waals surface area contributed by atoms with Gasteiger partial charge in [0, 0.05) is 18.8 Å². The topological polar surface area (TPSA) is 69.8 Å². The molecule has 25 heavy (non-hydrogen) atoms. The number of fused-ring (bicyclic) bond motifs is 1. The van der Waals surface area contributed by atoms with Crippen LogP contribution in [-0.4, -0.2) is 19.1 Å². The van der Waals surface area contributed by atoms with Gasteiger partial charge in [0.25, 0.3) is 5.56 Å². The van der Waals surface area contributed by atoms with E-state index in [4.69, 9.17) is 11.6 Å². The molecule has 0 aliphatic rings. The summed E-state index contributed by atoms with van der Waals surface area (Å²) in [5.74, 6) is 5.78. The quantitative estimate of drug-likeness (QED) is 0.629. The van der Waals surface area contributed by atoms with Crippen molar-refractivity contribution in [1.82, 2.24) is 19.1 Å². The number of hydrogen-bond donors (Lipinski definition) is 0. The summed E-state index contributed by atoms with van der Waals surface area (Å²) in [4.78, 5) is 33.2. The highest BCUT2D eigenvalue weighted by atomic mass is 35.5. The minimum Gasteiger partial charge on any atom is -0.280 e. The largest absolute Gasteiger partial charge is 0.337 e. The molecule has 6 nitrogen and oxygen atoms in total. The third kappa shape index (κ3) is 2.97. The molecule has 0 saturated heterocycles. The molecule has 0 atom stereocenters. The number of aromatic nitrogens is 4. The molecule has 7 heteroatoms. The number of allylic oxidation sites excluding steroid dienone is 2. The van der Waals surface area contributed by atoms with Gasteiger partial charge < -0.3 is 0 Å². The highest BCUT2D eigenvalue weighted by Crippen LogP contribution is 2.20. The molecule has 0 aliphatic heterocycles. The van der Waals surface area contributed by atoms with E-state index in [1.165, 1.54) is 17.1 Å². The standard InChI is InChI=1S/C18H13ClN4O2/c1-3-4-5-6-12-7-8-15(14(19)9-12)23-17(24)13-10-20-11-21-16(13)22(2)18(23)25/h3-4,7-11H,1-2H3. The zero-order valence-electron chi connectivity index (χ0n) is 13.5. The van der Waals surface area contributed by atoms with Crippen molar-refractivity contribution < 1.29 is 0 Å². The van der Waals surface area contributed by atoms with Crippen LogP contribution in [0.3, 0.4) is 0 Å². The Morgan fingerprint density at radius 3 is 2.80 bits per heavy atom. The molecular weight excluding hydrogens is 340 g/mol. The Hall–Kier alpha value is -3.17. The highest BCUT2D eigenvalue weighted by Gasteiger charge is 2.15. The summed E-state index contributed by atoms with van der Waals surface area (Å²) in [7, 11) is 1.54. The van der Waals surface area contributed by atoms with Crippen LogP contribution >= 0.6 is 11.6 Å². The van der Waals surface area contributed by atoms with Gasteiger partial charge in [-0.05, 0) is 31.2 Å². The van der Waals surface area contributed by atoms with Crippen LogP contribution in [0.5, 0.6) is 0 Å². The number of hydrogen-bond acceptors (Lipinski definition) is 4. The van der Waals surface area contributed by atoms with E-state index in [-0.39, 0.29) is 21.7 Å². The van der Waals surface area contributed by atoms with Gasteiger partial charge in [0.2, 0.25) is 0 Å². The number of aryl methyl sites for hydroxylation is 1. The summed E-state index contributed by atoms with van der Waals surface area (Å²) in [6.07, 6.45) is 6.21. The summed E-state index contributed by atoms with van der Waals surface area (Å²) < 4.78 is 2.30. The molecule has 0 saturated carbocycles. The van der Waals surface area contributed by atoms with E-state index in [2.05, 4.69) is 21.8 Å². The fraction of sp³-hybridized carbons (Fsp3) is 0.111. The Morgan fingerprint density at radius 2 is 2.08 bits per heavy atom. The maximum atomic E-state index is 12.7. The zero-order chi connectivity index (χ0) is 18.0. The van der Waals surface area contributed by atoms with Crippen molar-refractivity contribution in [3.63, 3.8) is 0 Å². The fourth-order valence-corrected chi connectivity index (χ4v) is 2.64. The summed E-state index contributed by atoms with van der Waals surface area (Å²) in [5, 5.41) is 0.486. The SMILES string of the molecule is CC=CC#Cc1ccc(-n2c(=O)c3cncnc3n(C)c2=O)c(Cl)c1. The maximum absolute atomic E-state index is 12.7. The van der Waals surface area contributed by atoms with Crippen LogP contribution in [0.25, 0.3) is 16.7 Å². The van der Waals surface area contributed by atoms with Gasteiger partial charge in [-0.25, -0.2) is 19.3 Å². The van der Waals surface area contributed by atoms with Crippen LogP contribution in [0, 0.1) is 11.8 Å². The average Bonchev–Trinajstić information content (AvgIpc) is 2.62. The summed E-state index contributed by atoms with van der Waals surface area (Å²) in [6, 6.07) is 4.92. The van der Waals surface area contributed by atoms with Crippen LogP contribution in [0.1, 0.15) is 12.5 Å². The van der Waals surface area contributed by atoms with Gasteiger partial charge in [0.15, 0.2) is 5.65 Å². The molecule has 3 aromatic rings. The first kappa shape index (κ1) is 16.7. The van der Waals surface area contributed by atoms with Crippen molar-refractivity contribution in [2.24, 2.45) is 7.05 Å². The molecule has 0 amide bonds. The molecule has 3 rings (SSSR count). The molecule has 0 N–H and O–H groups in total. The van der Waals surface area contributed by atoms with Crippen molar-refractivity contribution in [1.29, 1.82) is 0 Å². The molecule has 0 fully saturated rings. The minimum atomic E-state index is -0.536. The summed E-state index contributed by atoms with van der Waals surface area (Å²) in [5.41, 5.74) is 0.181. The van der Waals surface area contributed by atoms with E-state index in [1.807, 2.05) is 13.0 Å². The van der Waals surface area contributed by atoms with Crippen LogP contribution in [0.15, 0.2) is 52.5 Å². The van der Waals surface area contributed by atoms with E-state index < -0.39 is 11.2 Å². The number of halogens is 1. The van der Waals surface area contributed by atoms with E-state index in [0.29, 0.717) is 5.56 Å². The van der Waals surface area contributed by atoms with Gasteiger partial charge in [-0.15, -0.1) is 0 Å². The predicted octanol–water partition coefficient (Wildman–Crippen LogP) is 2.06. The van der Waals surface area contributed by atoms with Crippen molar-refractivity contribution in [2.75, 3.05) is 0 Å². The van der Waals surface area contributed by atoms with Gasteiger partial charge >= 0.3 is 5.69 Å². The molecule has 124 valence electrons. The van der Waals surface area contributed by atoms with Gasteiger partial charge in [0.05, 0.1) is 10.7 Å². The Labute approximate surface area is 148 Å². The van der Waals surface area contributed by atoms with Crippen molar-refractivity contribution in [2.45, 2.75) is 6.92 Å². The van der Waals surface area contributed by atoms with E-state index >= 15 is 0 Å². The lowest BCUT2D eigenvalue weighted by Crippen LogP contribution is -2.38. The molecule has 0 bridgehead atoms. The summed E-state index contributed by atoms with van der Waals surface area (Å²) in [6.45, 7) is 1.87. The van der Waals surface area contributed by atoms with Gasteiger partial charge in [-0.1, -0.05) is 29.5 Å². The van der Waals surface area contributed by atoms with Crippen LogP contribution in [0.2, 0.25) is 5.02 Å². The second-order valence-corrected chi connectivity index (χ2v) is 5.58. The molecule has 0 radical (unpaired) electrons. The third-order valence-corrected chi connectivity index (χ3v) is 3.88. The lowest BCUT2D eigenvalue weighted by Gasteiger charge is -2.11. The second-order valence-electron chi connectivity index (χ2n) is 5.18. The van der Waals surface area contributed by atoms with Gasteiger partial charge in [-0.3, -0.25) is 9.36 Å². The number of benzene rings is 1. The first-order valence-corrected chi connectivity index (χ1v) is 7.76. The van der Waals surface area contributed by atoms with E-state index in [0.717, 1.165) is 4.57 Å². The average molecular weight is 353 g/mol. The normalized spacial score (nSPS) is 10.8. The van der Waals surface area contributed by atoms with E-state index in [9.17, 15) is 9.59 Å². The van der Waals surface area contributed by atoms with Crippen LogP contribution in [0.4, 0.5) is 0 Å². The fourth-order valence-electron chi connectivity index (χ4n) is 2.38. The predicted molar refractivity (Wildman–Crippen MR) is 97.1 cm³/mol. The minimum absolute atomic E-state index is 0.234. The molecule has 2 heterocycles. The van der Waals surface area contributed by atoms with Gasteiger partial charge in [0.1, 0.15) is 11.7 Å². The lowest BCUT2D eigenvalue weighted by atomic mass is 10.2. The first-order valence-electron chi connectivity index (χ1n) is 7.39. The van der Waals surface area contributed by atoms with Crippen LogP contribution < -0.4 is 11.2 Å². The number of rotatable bonds is 1. The summed E-state index contributed by atoms with van der Waals surface area (Å²) >= 11 is 6.30. The second kappa shape index (κ2) is 6.75. The maximum Gasteiger partial charge on any atom is 0.337 e. The van der Waals surface area contributed by atoms with Crippen LogP contribution in [-0.2, 0) is 7.05 Å². The molecule has 2 aromatic heterocycles. The van der Waals surface area contributed by atoms with E-state index in [1.54, 1.807) is 31.3 Å². The third-order valence-electron chi connectivity index (χ3n) is 3.58. The Balaban J connectivity index is 2.26. The molecular formula is C18H13ClN4O2. The first-order chi connectivity index (χ1) is 12.0. The smallest absolute Gasteiger partial charge is 0.280 e. The molecule has 1 aromatic carbocycles. The van der Waals surface area contributed by atoms with Gasteiger partial charge in [-0.2, -0.15) is 0 Å². The van der Waals surface area contributed by atoms with Crippen molar-refractivity contribution in [3.05, 3.63) is 74.3 Å². The van der Waals surface area contributed by atoms with Crippen molar-refractivity contribution >= 4 is 22.6 Å². The monoisotopic (exact) mass is 352 g/mol. The Morgan fingerprint density at radius 1 is 1.28 bits per heavy atom. The van der Waals surface area contributed by atoms with Crippen molar-refractivity contribution in [3.8, 4) is 17.5 Å². The Bertz CT molecular complexity index is 1180. The Kier molecular flexibility index (Phi) is 4.50. The molecule has 0 aliphatic carbocycles. The zero-order valence-corrected chi connectivity index (χ0v) is 14.3. The highest BCUT2D eigenvalue weighted by molar-refractivity contribution is 6.32. The molecule has 0 unspecified atom stereocenters. The molecule has 0 spiro atoms.